The van der Waals surface area contributed by atoms with Crippen LogP contribution in [0.2, 0.25) is 5.02 Å². The molecule has 0 bridgehead atoms. The Labute approximate surface area is 122 Å². The van der Waals surface area contributed by atoms with Crippen molar-refractivity contribution in [1.82, 2.24) is 4.98 Å². The highest BCUT2D eigenvalue weighted by molar-refractivity contribution is 7.13. The van der Waals surface area contributed by atoms with Gasteiger partial charge in [0.15, 0.2) is 5.13 Å². The van der Waals surface area contributed by atoms with Gasteiger partial charge in [-0.1, -0.05) is 11.6 Å². The van der Waals surface area contributed by atoms with E-state index in [9.17, 15) is 14.9 Å². The Morgan fingerprint density at radius 1 is 1.55 bits per heavy atom. The Balaban J connectivity index is 2.28. The summed E-state index contributed by atoms with van der Waals surface area (Å²) in [5, 5.41) is 15.1. The second-order valence-electron chi connectivity index (χ2n) is 3.90. The Morgan fingerprint density at radius 3 is 2.80 bits per heavy atom. The van der Waals surface area contributed by atoms with Gasteiger partial charge in [-0.05, 0) is 18.6 Å². The van der Waals surface area contributed by atoms with Crippen LogP contribution in [-0.4, -0.2) is 15.8 Å². The number of benzene rings is 1. The van der Waals surface area contributed by atoms with Crippen molar-refractivity contribution in [1.29, 1.82) is 0 Å². The van der Waals surface area contributed by atoms with Gasteiger partial charge in [0.1, 0.15) is 10.7 Å². The summed E-state index contributed by atoms with van der Waals surface area (Å²) in [4.78, 5) is 25.9. The predicted octanol–water partition coefficient (Wildman–Crippen LogP) is 2.85. The normalized spacial score (nSPS) is 10.3. The summed E-state index contributed by atoms with van der Waals surface area (Å²) in [6.07, 6.45) is 0. The van der Waals surface area contributed by atoms with Crippen LogP contribution in [0.4, 0.5) is 16.5 Å². The van der Waals surface area contributed by atoms with E-state index in [1.165, 1.54) is 17.5 Å². The van der Waals surface area contributed by atoms with Crippen LogP contribution in [0.25, 0.3) is 0 Å². The minimum absolute atomic E-state index is 0.0475. The SMILES string of the molecule is Cc1cc([N+](=O)[O-])c(Cl)cc1NC(=O)c1csc(N)n1. The Morgan fingerprint density at radius 2 is 2.25 bits per heavy atom. The number of carbonyl (C=O) groups is 1. The Kier molecular flexibility index (Phi) is 3.86. The molecule has 0 spiro atoms. The first-order chi connectivity index (χ1) is 9.38. The molecule has 2 rings (SSSR count). The molecule has 0 saturated carbocycles. The van der Waals surface area contributed by atoms with Crippen LogP contribution in [0, 0.1) is 17.0 Å². The average Bonchev–Trinajstić information content (AvgIpc) is 2.79. The lowest BCUT2D eigenvalue weighted by molar-refractivity contribution is -0.384. The van der Waals surface area contributed by atoms with Crippen LogP contribution in [0.15, 0.2) is 17.5 Å². The van der Waals surface area contributed by atoms with E-state index in [1.54, 1.807) is 6.92 Å². The number of aryl methyl sites for hydroxylation is 1. The van der Waals surface area contributed by atoms with Crippen molar-refractivity contribution in [3.8, 4) is 0 Å². The van der Waals surface area contributed by atoms with E-state index >= 15 is 0 Å². The van der Waals surface area contributed by atoms with Crippen molar-refractivity contribution in [2.24, 2.45) is 0 Å². The van der Waals surface area contributed by atoms with Crippen molar-refractivity contribution in [2.75, 3.05) is 11.1 Å². The third kappa shape index (κ3) is 2.86. The van der Waals surface area contributed by atoms with E-state index in [0.717, 1.165) is 11.3 Å². The molecular weight excluding hydrogens is 304 g/mol. The van der Waals surface area contributed by atoms with E-state index in [4.69, 9.17) is 17.3 Å². The molecule has 0 aliphatic heterocycles. The first kappa shape index (κ1) is 14.2. The van der Waals surface area contributed by atoms with Gasteiger partial charge in [0.05, 0.1) is 4.92 Å². The molecule has 1 amide bonds. The molecule has 0 unspecified atom stereocenters. The van der Waals surface area contributed by atoms with Gasteiger partial charge in [-0.25, -0.2) is 4.98 Å². The number of thiazole rings is 1. The Hall–Kier alpha value is -2.19. The number of nitrogen functional groups attached to an aromatic ring is 1. The monoisotopic (exact) mass is 312 g/mol. The van der Waals surface area contributed by atoms with Gasteiger partial charge < -0.3 is 11.1 Å². The van der Waals surface area contributed by atoms with Gasteiger partial charge in [-0.15, -0.1) is 11.3 Å². The van der Waals surface area contributed by atoms with Crippen LogP contribution in [-0.2, 0) is 0 Å². The van der Waals surface area contributed by atoms with E-state index in [2.05, 4.69) is 10.3 Å². The molecular formula is C11H9ClN4O3S. The number of halogens is 1. The van der Waals surface area contributed by atoms with Gasteiger partial charge in [0.25, 0.3) is 11.6 Å². The zero-order valence-electron chi connectivity index (χ0n) is 10.2. The van der Waals surface area contributed by atoms with Crippen molar-refractivity contribution >= 4 is 45.4 Å². The topological polar surface area (TPSA) is 111 Å². The first-order valence-electron chi connectivity index (χ1n) is 5.35. The first-order valence-corrected chi connectivity index (χ1v) is 6.61. The fourth-order valence-electron chi connectivity index (χ4n) is 1.52. The number of hydrogen-bond donors (Lipinski definition) is 2. The van der Waals surface area contributed by atoms with E-state index in [0.29, 0.717) is 11.3 Å². The number of nitrogens with one attached hydrogen (secondary N) is 1. The standard InChI is InChI=1S/C11H9ClN4O3S/c1-5-2-9(16(18)19)6(12)3-7(5)14-10(17)8-4-20-11(13)15-8/h2-4H,1H3,(H2,13,15)(H,14,17). The molecule has 3 N–H and O–H groups in total. The molecule has 1 aromatic heterocycles. The number of hydrogen-bond acceptors (Lipinski definition) is 6. The summed E-state index contributed by atoms with van der Waals surface area (Å²) in [7, 11) is 0. The van der Waals surface area contributed by atoms with Crippen LogP contribution >= 0.6 is 22.9 Å². The molecule has 0 fully saturated rings. The molecule has 104 valence electrons. The number of aromatic nitrogens is 1. The fraction of sp³-hybridized carbons (Fsp3) is 0.0909. The smallest absolute Gasteiger partial charge is 0.288 e. The van der Waals surface area contributed by atoms with Crippen LogP contribution in [0.1, 0.15) is 16.1 Å². The van der Waals surface area contributed by atoms with Crippen LogP contribution < -0.4 is 11.1 Å². The lowest BCUT2D eigenvalue weighted by Gasteiger charge is -2.08. The number of amides is 1. The summed E-state index contributed by atoms with van der Waals surface area (Å²) < 4.78 is 0. The van der Waals surface area contributed by atoms with E-state index in [1.807, 2.05) is 0 Å². The largest absolute Gasteiger partial charge is 0.375 e. The molecule has 0 aliphatic carbocycles. The minimum Gasteiger partial charge on any atom is -0.375 e. The summed E-state index contributed by atoms with van der Waals surface area (Å²) in [5.74, 6) is -0.453. The average molecular weight is 313 g/mol. The predicted molar refractivity (Wildman–Crippen MR) is 77.3 cm³/mol. The quantitative estimate of drug-likeness (QED) is 0.668. The summed E-state index contributed by atoms with van der Waals surface area (Å²) in [6, 6.07) is 2.63. The molecule has 20 heavy (non-hydrogen) atoms. The maximum atomic E-state index is 11.9. The fourth-order valence-corrected chi connectivity index (χ4v) is 2.29. The lowest BCUT2D eigenvalue weighted by atomic mass is 10.1. The maximum Gasteiger partial charge on any atom is 0.288 e. The van der Waals surface area contributed by atoms with Crippen molar-refractivity contribution < 1.29 is 9.72 Å². The van der Waals surface area contributed by atoms with Crippen LogP contribution in [0.3, 0.4) is 0 Å². The van der Waals surface area contributed by atoms with Crippen molar-refractivity contribution in [3.05, 3.63) is 43.9 Å². The summed E-state index contributed by atoms with van der Waals surface area (Å²) in [5.41, 5.74) is 6.33. The van der Waals surface area contributed by atoms with Gasteiger partial charge in [0.2, 0.25) is 0 Å². The second kappa shape index (κ2) is 5.43. The van der Waals surface area contributed by atoms with E-state index in [-0.39, 0.29) is 21.5 Å². The van der Waals surface area contributed by atoms with Crippen molar-refractivity contribution in [3.63, 3.8) is 0 Å². The molecule has 1 aromatic carbocycles. The highest BCUT2D eigenvalue weighted by Gasteiger charge is 2.17. The number of carbonyl (C=O) groups excluding carboxylic acids is 1. The highest BCUT2D eigenvalue weighted by Crippen LogP contribution is 2.30. The second-order valence-corrected chi connectivity index (χ2v) is 5.20. The molecule has 0 atom stereocenters. The number of nitro benzene ring substituents is 1. The molecule has 0 radical (unpaired) electrons. The van der Waals surface area contributed by atoms with E-state index < -0.39 is 10.8 Å². The number of nitrogens with zero attached hydrogens (tertiary/aromatic N) is 2. The molecule has 2 aromatic rings. The van der Waals surface area contributed by atoms with Gasteiger partial charge in [0, 0.05) is 17.1 Å². The molecule has 0 aliphatic rings. The zero-order valence-corrected chi connectivity index (χ0v) is 11.8. The summed E-state index contributed by atoms with van der Waals surface area (Å²) >= 11 is 6.95. The van der Waals surface area contributed by atoms with Crippen LogP contribution in [0.5, 0.6) is 0 Å². The molecule has 1 heterocycles. The third-order valence-electron chi connectivity index (χ3n) is 2.49. The number of nitro groups is 1. The summed E-state index contributed by atoms with van der Waals surface area (Å²) in [6.45, 7) is 1.63. The molecule has 9 heteroatoms. The van der Waals surface area contributed by atoms with Gasteiger partial charge in [-0.2, -0.15) is 0 Å². The third-order valence-corrected chi connectivity index (χ3v) is 3.47. The number of rotatable bonds is 3. The van der Waals surface area contributed by atoms with Crippen molar-refractivity contribution in [2.45, 2.75) is 6.92 Å². The highest BCUT2D eigenvalue weighted by atomic mass is 35.5. The molecule has 7 nitrogen and oxygen atoms in total. The number of anilines is 2. The number of nitrogens with two attached hydrogens (primary N) is 1. The lowest BCUT2D eigenvalue weighted by Crippen LogP contribution is -2.13. The Bertz CT molecular complexity index is 701. The van der Waals surface area contributed by atoms with Gasteiger partial charge >= 0.3 is 0 Å². The maximum absolute atomic E-state index is 11.9. The zero-order chi connectivity index (χ0) is 14.9. The molecule has 0 saturated heterocycles. The minimum atomic E-state index is -0.581. The van der Waals surface area contributed by atoms with Gasteiger partial charge in [-0.3, -0.25) is 14.9 Å².